The normalized spacial score (nSPS) is 21.6. The molecule has 0 saturated carbocycles. The van der Waals surface area contributed by atoms with Crippen molar-refractivity contribution in [3.63, 3.8) is 0 Å². The summed E-state index contributed by atoms with van der Waals surface area (Å²) >= 11 is 0. The highest BCUT2D eigenvalue weighted by Crippen LogP contribution is 2.24. The van der Waals surface area contributed by atoms with Gasteiger partial charge >= 0.3 is 0 Å². The lowest BCUT2D eigenvalue weighted by molar-refractivity contribution is 0.428. The Balaban J connectivity index is 2.15. The molecule has 5 nitrogen and oxygen atoms in total. The first-order chi connectivity index (χ1) is 9.44. The van der Waals surface area contributed by atoms with Gasteiger partial charge in [-0.15, -0.1) is 0 Å². The maximum absolute atomic E-state index is 12.4. The van der Waals surface area contributed by atoms with Crippen LogP contribution in [0.15, 0.2) is 24.3 Å². The minimum Gasteiger partial charge on any atom is -0.328 e. The number of sulfonamides is 1. The Hall–Kier alpha value is -1.42. The first-order valence-electron chi connectivity index (χ1n) is 6.65. The largest absolute Gasteiger partial charge is 0.328 e. The number of hydrogen-bond acceptors (Lipinski definition) is 4. The van der Waals surface area contributed by atoms with E-state index in [1.54, 1.807) is 24.3 Å². The Labute approximate surface area is 120 Å². The highest BCUT2D eigenvalue weighted by Gasteiger charge is 2.33. The summed E-state index contributed by atoms with van der Waals surface area (Å²) in [4.78, 5) is 0. The predicted molar refractivity (Wildman–Crippen MR) is 77.1 cm³/mol. The maximum atomic E-state index is 12.4. The number of nitrogens with zero attached hydrogens (tertiary/aromatic N) is 2. The van der Waals surface area contributed by atoms with E-state index in [0.29, 0.717) is 24.2 Å². The van der Waals surface area contributed by atoms with Gasteiger partial charge in [0.2, 0.25) is 10.0 Å². The van der Waals surface area contributed by atoms with Crippen LogP contribution < -0.4 is 5.73 Å². The Bertz CT molecular complexity index is 620. The van der Waals surface area contributed by atoms with E-state index < -0.39 is 10.0 Å². The molecule has 1 aromatic carbocycles. The third-order valence-corrected chi connectivity index (χ3v) is 5.59. The van der Waals surface area contributed by atoms with E-state index in [2.05, 4.69) is 0 Å². The molecule has 0 aliphatic carbocycles. The second-order valence-corrected chi connectivity index (χ2v) is 7.26. The molecule has 0 radical (unpaired) electrons. The summed E-state index contributed by atoms with van der Waals surface area (Å²) in [6.07, 6.45) is 0.802. The monoisotopic (exact) mass is 293 g/mol. The van der Waals surface area contributed by atoms with E-state index in [4.69, 9.17) is 11.0 Å². The molecule has 1 aliphatic heterocycles. The van der Waals surface area contributed by atoms with Crippen molar-refractivity contribution < 1.29 is 8.42 Å². The maximum Gasteiger partial charge on any atom is 0.218 e. The minimum absolute atomic E-state index is 0.00148. The first kappa shape index (κ1) is 15.0. The molecule has 0 amide bonds. The molecule has 108 valence electrons. The first-order valence-corrected chi connectivity index (χ1v) is 8.26. The van der Waals surface area contributed by atoms with E-state index in [1.807, 2.05) is 13.0 Å². The zero-order valence-electron chi connectivity index (χ0n) is 11.5. The average molecular weight is 293 g/mol. The quantitative estimate of drug-likeness (QED) is 0.899. The van der Waals surface area contributed by atoms with Crippen molar-refractivity contribution in [2.45, 2.75) is 25.1 Å². The second kappa shape index (κ2) is 5.92. The molecule has 2 atom stereocenters. The van der Waals surface area contributed by atoms with Gasteiger partial charge in [-0.05, 0) is 30.9 Å². The molecule has 1 saturated heterocycles. The Morgan fingerprint density at radius 2 is 2.20 bits per heavy atom. The standard InChI is InChI=1S/C14H19N3O2S/c1-11(16)13-6-7-17(9-13)20(18,19)10-14-5-3-2-4-12(14)8-15/h2-5,11,13H,6-7,9-10,16H2,1H3. The second-order valence-electron chi connectivity index (χ2n) is 5.29. The van der Waals surface area contributed by atoms with Crippen molar-refractivity contribution in [3.8, 4) is 6.07 Å². The number of nitrogens with two attached hydrogens (primary N) is 1. The van der Waals surface area contributed by atoms with E-state index in [9.17, 15) is 8.42 Å². The average Bonchev–Trinajstić information content (AvgIpc) is 2.89. The molecule has 2 unspecified atom stereocenters. The third kappa shape index (κ3) is 3.18. The molecule has 0 aromatic heterocycles. The fourth-order valence-electron chi connectivity index (χ4n) is 2.48. The highest BCUT2D eigenvalue weighted by molar-refractivity contribution is 7.88. The molecule has 6 heteroatoms. The van der Waals surface area contributed by atoms with Crippen LogP contribution in [0.5, 0.6) is 0 Å². The van der Waals surface area contributed by atoms with E-state index in [-0.39, 0.29) is 17.7 Å². The van der Waals surface area contributed by atoms with Crippen molar-refractivity contribution >= 4 is 10.0 Å². The fourth-order valence-corrected chi connectivity index (χ4v) is 4.11. The Morgan fingerprint density at radius 1 is 1.50 bits per heavy atom. The number of hydrogen-bond donors (Lipinski definition) is 1. The molecule has 1 heterocycles. The van der Waals surface area contributed by atoms with Crippen LogP contribution in [0, 0.1) is 17.2 Å². The lowest BCUT2D eigenvalue weighted by Crippen LogP contribution is -2.33. The van der Waals surface area contributed by atoms with Crippen molar-refractivity contribution in [1.29, 1.82) is 5.26 Å². The van der Waals surface area contributed by atoms with E-state index in [0.717, 1.165) is 6.42 Å². The van der Waals surface area contributed by atoms with Crippen LogP contribution in [0.3, 0.4) is 0 Å². The van der Waals surface area contributed by atoms with Crippen molar-refractivity contribution in [2.24, 2.45) is 11.7 Å². The summed E-state index contributed by atoms with van der Waals surface area (Å²) in [5.41, 5.74) is 6.81. The van der Waals surface area contributed by atoms with Crippen LogP contribution in [0.2, 0.25) is 0 Å². The van der Waals surface area contributed by atoms with Gasteiger partial charge in [-0.3, -0.25) is 0 Å². The summed E-state index contributed by atoms with van der Waals surface area (Å²) in [5.74, 6) is 0.0959. The van der Waals surface area contributed by atoms with Gasteiger partial charge in [-0.25, -0.2) is 12.7 Å². The SMILES string of the molecule is CC(N)C1CCN(S(=O)(=O)Cc2ccccc2C#N)C1. The topological polar surface area (TPSA) is 87.2 Å². The van der Waals surface area contributed by atoms with Crippen molar-refractivity contribution in [1.82, 2.24) is 4.31 Å². The predicted octanol–water partition coefficient (Wildman–Crippen LogP) is 1.06. The van der Waals surface area contributed by atoms with Gasteiger partial charge in [-0.2, -0.15) is 5.26 Å². The molecule has 0 spiro atoms. The van der Waals surface area contributed by atoms with Gasteiger partial charge in [-0.1, -0.05) is 18.2 Å². The van der Waals surface area contributed by atoms with Gasteiger partial charge in [0.1, 0.15) is 0 Å². The van der Waals surface area contributed by atoms with E-state index in [1.165, 1.54) is 4.31 Å². The van der Waals surface area contributed by atoms with Crippen molar-refractivity contribution in [3.05, 3.63) is 35.4 Å². The van der Waals surface area contributed by atoms with Gasteiger partial charge in [0, 0.05) is 19.1 Å². The summed E-state index contributed by atoms with van der Waals surface area (Å²) in [5, 5.41) is 9.02. The molecular formula is C14H19N3O2S. The fraction of sp³-hybridized carbons (Fsp3) is 0.500. The molecule has 1 fully saturated rings. The van der Waals surface area contributed by atoms with Crippen LogP contribution in [-0.2, 0) is 15.8 Å². The summed E-state index contributed by atoms with van der Waals surface area (Å²) < 4.78 is 26.3. The van der Waals surface area contributed by atoms with Gasteiger partial charge < -0.3 is 5.73 Å². The molecule has 0 bridgehead atoms. The molecule has 1 aromatic rings. The molecule has 20 heavy (non-hydrogen) atoms. The molecule has 1 aliphatic rings. The van der Waals surface area contributed by atoms with E-state index >= 15 is 0 Å². The lowest BCUT2D eigenvalue weighted by atomic mass is 10.0. The summed E-state index contributed by atoms with van der Waals surface area (Å²) in [6, 6.07) is 8.85. The highest BCUT2D eigenvalue weighted by atomic mass is 32.2. The van der Waals surface area contributed by atoms with Crippen molar-refractivity contribution in [2.75, 3.05) is 13.1 Å². The van der Waals surface area contributed by atoms with Crippen LogP contribution in [-0.4, -0.2) is 31.9 Å². The van der Waals surface area contributed by atoms with Gasteiger partial charge in [0.15, 0.2) is 0 Å². The Kier molecular flexibility index (Phi) is 4.43. The minimum atomic E-state index is -3.39. The van der Waals surface area contributed by atoms with Crippen LogP contribution in [0.25, 0.3) is 0 Å². The summed E-state index contributed by atoms with van der Waals surface area (Å²) in [6.45, 7) is 2.91. The third-order valence-electron chi connectivity index (χ3n) is 3.80. The molecule has 2 rings (SSSR count). The lowest BCUT2D eigenvalue weighted by Gasteiger charge is -2.18. The van der Waals surface area contributed by atoms with Crippen LogP contribution in [0.1, 0.15) is 24.5 Å². The van der Waals surface area contributed by atoms with Crippen LogP contribution in [0.4, 0.5) is 0 Å². The van der Waals surface area contributed by atoms with Gasteiger partial charge in [0.25, 0.3) is 0 Å². The van der Waals surface area contributed by atoms with Gasteiger partial charge in [0.05, 0.1) is 17.4 Å². The number of benzene rings is 1. The summed E-state index contributed by atoms with van der Waals surface area (Å²) in [7, 11) is -3.39. The number of nitriles is 1. The number of rotatable bonds is 4. The Morgan fingerprint density at radius 3 is 2.80 bits per heavy atom. The van der Waals surface area contributed by atoms with Crippen LogP contribution >= 0.6 is 0 Å². The molecular weight excluding hydrogens is 274 g/mol. The molecule has 2 N–H and O–H groups in total. The smallest absolute Gasteiger partial charge is 0.218 e. The zero-order chi connectivity index (χ0) is 14.8. The zero-order valence-corrected chi connectivity index (χ0v) is 12.3.